The van der Waals surface area contributed by atoms with E-state index in [0.717, 1.165) is 6.42 Å². The average Bonchev–Trinajstić information content (AvgIpc) is 2.98. The molecule has 7 nitrogen and oxygen atoms in total. The lowest BCUT2D eigenvalue weighted by Crippen LogP contribution is -2.40. The van der Waals surface area contributed by atoms with Crippen LogP contribution in [0.4, 0.5) is 19.0 Å². The van der Waals surface area contributed by atoms with E-state index in [1.165, 1.54) is 6.07 Å². The van der Waals surface area contributed by atoms with Gasteiger partial charge in [-0.1, -0.05) is 0 Å². The number of aromatic nitrogens is 4. The minimum absolute atomic E-state index is 0.0185. The zero-order chi connectivity index (χ0) is 17.3. The van der Waals surface area contributed by atoms with Gasteiger partial charge in [0, 0.05) is 13.1 Å². The van der Waals surface area contributed by atoms with Gasteiger partial charge in [-0.05, 0) is 31.9 Å². The number of rotatable bonds is 3. The first-order valence-electron chi connectivity index (χ1n) is 7.61. The predicted octanol–water partition coefficient (Wildman–Crippen LogP) is 1.92. The van der Waals surface area contributed by atoms with Crippen molar-refractivity contribution in [3.05, 3.63) is 18.0 Å². The van der Waals surface area contributed by atoms with Crippen LogP contribution >= 0.6 is 0 Å². The van der Waals surface area contributed by atoms with Gasteiger partial charge >= 0.3 is 12.1 Å². The van der Waals surface area contributed by atoms with Crippen molar-refractivity contribution in [2.45, 2.75) is 25.9 Å². The van der Waals surface area contributed by atoms with Gasteiger partial charge in [0.25, 0.3) is 5.82 Å². The zero-order valence-electron chi connectivity index (χ0n) is 13.0. The van der Waals surface area contributed by atoms with E-state index in [9.17, 15) is 18.0 Å². The van der Waals surface area contributed by atoms with E-state index in [2.05, 4.69) is 15.3 Å². The quantitative estimate of drug-likeness (QED) is 0.793. The summed E-state index contributed by atoms with van der Waals surface area (Å²) < 4.78 is 44.5. The van der Waals surface area contributed by atoms with Gasteiger partial charge in [-0.15, -0.1) is 15.3 Å². The standard InChI is InChI=1S/C14H16F3N5O2/c1-2-24-12(23)9-4-3-7-21(8-9)11-6-5-10-18-19-13(14(15,16)17)22(10)20-11/h5-6,9H,2-4,7-8H2,1H3. The summed E-state index contributed by atoms with van der Waals surface area (Å²) in [6.45, 7) is 3.01. The van der Waals surface area contributed by atoms with E-state index in [1.54, 1.807) is 17.9 Å². The molecule has 1 saturated heterocycles. The predicted molar refractivity (Wildman–Crippen MR) is 77.4 cm³/mol. The number of hydrogen-bond donors (Lipinski definition) is 0. The molecule has 0 bridgehead atoms. The molecule has 130 valence electrons. The van der Waals surface area contributed by atoms with E-state index >= 15 is 0 Å². The second kappa shape index (κ2) is 6.25. The molecule has 0 radical (unpaired) electrons. The molecule has 0 N–H and O–H groups in total. The normalized spacial score (nSPS) is 18.8. The van der Waals surface area contributed by atoms with Gasteiger partial charge in [-0.3, -0.25) is 4.79 Å². The lowest BCUT2D eigenvalue weighted by molar-refractivity contribution is -0.148. The first-order valence-corrected chi connectivity index (χ1v) is 7.61. The van der Waals surface area contributed by atoms with Crippen molar-refractivity contribution in [3.63, 3.8) is 0 Å². The third kappa shape index (κ3) is 3.13. The average molecular weight is 343 g/mol. The molecule has 10 heteroatoms. The number of fused-ring (bicyclic) bond motifs is 1. The number of halogens is 3. The van der Waals surface area contributed by atoms with Gasteiger partial charge in [0.15, 0.2) is 5.65 Å². The maximum atomic E-state index is 12.9. The number of esters is 1. The molecular weight excluding hydrogens is 327 g/mol. The maximum absolute atomic E-state index is 12.9. The Morgan fingerprint density at radius 1 is 1.38 bits per heavy atom. The molecule has 0 saturated carbocycles. The van der Waals surface area contributed by atoms with Crippen LogP contribution in [0, 0.1) is 5.92 Å². The highest BCUT2D eigenvalue weighted by molar-refractivity contribution is 5.73. The Labute approximate surface area is 135 Å². The van der Waals surface area contributed by atoms with E-state index in [-0.39, 0.29) is 17.5 Å². The van der Waals surface area contributed by atoms with E-state index < -0.39 is 12.0 Å². The summed E-state index contributed by atoms with van der Waals surface area (Å²) in [5, 5.41) is 10.6. The third-order valence-electron chi connectivity index (χ3n) is 3.87. The summed E-state index contributed by atoms with van der Waals surface area (Å²) in [6, 6.07) is 3.01. The summed E-state index contributed by atoms with van der Waals surface area (Å²) in [4.78, 5) is 13.7. The summed E-state index contributed by atoms with van der Waals surface area (Å²) in [7, 11) is 0. The minimum atomic E-state index is -4.64. The molecule has 0 amide bonds. The molecular formula is C14H16F3N5O2. The topological polar surface area (TPSA) is 72.6 Å². The second-order valence-electron chi connectivity index (χ2n) is 5.52. The highest BCUT2D eigenvalue weighted by atomic mass is 19.4. The number of hydrogen-bond acceptors (Lipinski definition) is 6. The van der Waals surface area contributed by atoms with Gasteiger partial charge < -0.3 is 9.64 Å². The highest BCUT2D eigenvalue weighted by Gasteiger charge is 2.38. The lowest BCUT2D eigenvalue weighted by atomic mass is 9.98. The van der Waals surface area contributed by atoms with E-state index in [4.69, 9.17) is 4.74 Å². The SMILES string of the molecule is CCOC(=O)C1CCCN(c2ccc3nnc(C(F)(F)F)n3n2)C1. The molecule has 0 aliphatic carbocycles. The molecule has 1 aliphatic heterocycles. The van der Waals surface area contributed by atoms with Gasteiger partial charge in [0.2, 0.25) is 0 Å². The van der Waals surface area contributed by atoms with Crippen molar-refractivity contribution in [1.29, 1.82) is 0 Å². The highest BCUT2D eigenvalue weighted by Crippen LogP contribution is 2.28. The Balaban J connectivity index is 1.87. The number of carbonyl (C=O) groups is 1. The number of alkyl halides is 3. The summed E-state index contributed by atoms with van der Waals surface area (Å²) >= 11 is 0. The first-order chi connectivity index (χ1) is 11.4. The van der Waals surface area contributed by atoms with Crippen LogP contribution in [-0.2, 0) is 15.7 Å². The van der Waals surface area contributed by atoms with Crippen LogP contribution in [0.3, 0.4) is 0 Å². The summed E-state index contributed by atoms with van der Waals surface area (Å²) in [6.07, 6.45) is -3.21. The second-order valence-corrected chi connectivity index (χ2v) is 5.52. The van der Waals surface area contributed by atoms with Gasteiger partial charge in [-0.2, -0.15) is 17.7 Å². The van der Waals surface area contributed by atoms with Crippen molar-refractivity contribution in [3.8, 4) is 0 Å². The molecule has 1 fully saturated rings. The maximum Gasteiger partial charge on any atom is 0.453 e. The van der Waals surface area contributed by atoms with Crippen molar-refractivity contribution >= 4 is 17.4 Å². The fourth-order valence-corrected chi connectivity index (χ4v) is 2.76. The first kappa shape index (κ1) is 16.5. The van der Waals surface area contributed by atoms with Gasteiger partial charge in [-0.25, -0.2) is 0 Å². The Kier molecular flexibility index (Phi) is 4.29. The minimum Gasteiger partial charge on any atom is -0.466 e. The number of carbonyl (C=O) groups excluding carboxylic acids is 1. The third-order valence-corrected chi connectivity index (χ3v) is 3.87. The Hall–Kier alpha value is -2.39. The molecule has 2 aromatic rings. The monoisotopic (exact) mass is 343 g/mol. The fraction of sp³-hybridized carbons (Fsp3) is 0.571. The van der Waals surface area contributed by atoms with Crippen LogP contribution < -0.4 is 4.90 Å². The zero-order valence-corrected chi connectivity index (χ0v) is 13.0. The van der Waals surface area contributed by atoms with Gasteiger partial charge in [0.05, 0.1) is 12.5 Å². The number of anilines is 1. The molecule has 0 spiro atoms. The lowest BCUT2D eigenvalue weighted by Gasteiger charge is -2.32. The molecule has 1 unspecified atom stereocenters. The molecule has 0 aromatic carbocycles. The number of piperidine rings is 1. The molecule has 1 aliphatic rings. The Morgan fingerprint density at radius 3 is 2.88 bits per heavy atom. The summed E-state index contributed by atoms with van der Waals surface area (Å²) in [5.74, 6) is -1.41. The van der Waals surface area contributed by atoms with Crippen molar-refractivity contribution < 1.29 is 22.7 Å². The molecule has 24 heavy (non-hydrogen) atoms. The van der Waals surface area contributed by atoms with Crippen molar-refractivity contribution in [2.24, 2.45) is 5.92 Å². The van der Waals surface area contributed by atoms with Gasteiger partial charge in [0.1, 0.15) is 5.82 Å². The smallest absolute Gasteiger partial charge is 0.453 e. The van der Waals surface area contributed by atoms with Crippen LogP contribution in [0.25, 0.3) is 5.65 Å². The van der Waals surface area contributed by atoms with Crippen LogP contribution in [0.5, 0.6) is 0 Å². The van der Waals surface area contributed by atoms with Crippen LogP contribution in [-0.4, -0.2) is 45.5 Å². The Bertz CT molecular complexity index is 746. The number of ether oxygens (including phenoxy) is 1. The van der Waals surface area contributed by atoms with Crippen molar-refractivity contribution in [1.82, 2.24) is 19.8 Å². The van der Waals surface area contributed by atoms with Crippen LogP contribution in [0.15, 0.2) is 12.1 Å². The fourth-order valence-electron chi connectivity index (χ4n) is 2.76. The van der Waals surface area contributed by atoms with Crippen LogP contribution in [0.2, 0.25) is 0 Å². The largest absolute Gasteiger partial charge is 0.466 e. The molecule has 3 rings (SSSR count). The Morgan fingerprint density at radius 2 is 2.17 bits per heavy atom. The van der Waals surface area contributed by atoms with Crippen LogP contribution in [0.1, 0.15) is 25.6 Å². The summed E-state index contributed by atoms with van der Waals surface area (Å²) in [5.41, 5.74) is 0.0185. The van der Waals surface area contributed by atoms with E-state index in [1.807, 2.05) is 0 Å². The molecule has 3 heterocycles. The molecule has 1 atom stereocenters. The molecule has 2 aromatic heterocycles. The van der Waals surface area contributed by atoms with Crippen molar-refractivity contribution in [2.75, 3.05) is 24.6 Å². The number of nitrogens with zero attached hydrogens (tertiary/aromatic N) is 5. The van der Waals surface area contributed by atoms with E-state index in [0.29, 0.717) is 36.5 Å².